The third-order valence-corrected chi connectivity index (χ3v) is 3.27. The molecule has 16 heavy (non-hydrogen) atoms. The minimum atomic E-state index is 0.324. The van der Waals surface area contributed by atoms with Gasteiger partial charge in [-0.25, -0.2) is 0 Å². The van der Waals surface area contributed by atoms with Crippen molar-refractivity contribution < 1.29 is 4.74 Å². The summed E-state index contributed by atoms with van der Waals surface area (Å²) in [6.07, 6.45) is 3.79. The van der Waals surface area contributed by atoms with E-state index in [-0.39, 0.29) is 0 Å². The predicted octanol–water partition coefficient (Wildman–Crippen LogP) is 2.22. The fourth-order valence-electron chi connectivity index (χ4n) is 2.52. The molecule has 0 amide bonds. The molecule has 2 rings (SSSR count). The van der Waals surface area contributed by atoms with Gasteiger partial charge in [-0.1, -0.05) is 20.8 Å². The van der Waals surface area contributed by atoms with Gasteiger partial charge < -0.3 is 10.1 Å². The Morgan fingerprint density at radius 2 is 2.00 bits per heavy atom. The van der Waals surface area contributed by atoms with Crippen molar-refractivity contribution in [1.82, 2.24) is 5.32 Å². The van der Waals surface area contributed by atoms with Gasteiger partial charge in [0.2, 0.25) is 0 Å². The van der Waals surface area contributed by atoms with Gasteiger partial charge in [0.25, 0.3) is 0 Å². The van der Waals surface area contributed by atoms with Crippen molar-refractivity contribution in [3.8, 4) is 0 Å². The second-order valence-corrected chi connectivity index (χ2v) is 6.21. The Morgan fingerprint density at radius 3 is 2.62 bits per heavy atom. The van der Waals surface area contributed by atoms with E-state index in [0.717, 1.165) is 32.0 Å². The maximum Gasteiger partial charge on any atom is 0.186 e. The van der Waals surface area contributed by atoms with Gasteiger partial charge in [0, 0.05) is 5.92 Å². The second-order valence-electron chi connectivity index (χ2n) is 6.21. The average molecular weight is 224 g/mol. The van der Waals surface area contributed by atoms with Crippen molar-refractivity contribution >= 4 is 5.90 Å². The first-order valence-electron chi connectivity index (χ1n) is 6.46. The van der Waals surface area contributed by atoms with Crippen LogP contribution >= 0.6 is 0 Å². The normalized spacial score (nSPS) is 27.7. The van der Waals surface area contributed by atoms with E-state index in [1.165, 1.54) is 12.8 Å². The number of rotatable bonds is 2. The molecule has 1 atom stereocenters. The highest BCUT2D eigenvalue weighted by Crippen LogP contribution is 2.27. The number of piperidine rings is 1. The first-order chi connectivity index (χ1) is 7.54. The lowest BCUT2D eigenvalue weighted by Crippen LogP contribution is -2.33. The van der Waals surface area contributed by atoms with E-state index >= 15 is 0 Å². The lowest BCUT2D eigenvalue weighted by molar-refractivity contribution is 0.149. The van der Waals surface area contributed by atoms with E-state index in [2.05, 4.69) is 31.1 Å². The van der Waals surface area contributed by atoms with E-state index in [9.17, 15) is 0 Å². The second kappa shape index (κ2) is 4.74. The summed E-state index contributed by atoms with van der Waals surface area (Å²) < 4.78 is 6.00. The first kappa shape index (κ1) is 11.9. The third kappa shape index (κ3) is 3.21. The summed E-state index contributed by atoms with van der Waals surface area (Å²) in [6, 6.07) is 0. The highest BCUT2D eigenvalue weighted by atomic mass is 16.5. The number of nitrogens with one attached hydrogen (secondary N) is 1. The average Bonchev–Trinajstić information content (AvgIpc) is 2.65. The van der Waals surface area contributed by atoms with Gasteiger partial charge in [-0.3, -0.25) is 4.99 Å². The molecular weight excluding hydrogens is 200 g/mol. The molecule has 92 valence electrons. The number of hydrogen-bond donors (Lipinski definition) is 1. The fourth-order valence-corrected chi connectivity index (χ4v) is 2.52. The summed E-state index contributed by atoms with van der Waals surface area (Å²) in [5.41, 5.74) is 0.337. The molecule has 1 fully saturated rings. The molecule has 0 bridgehead atoms. The summed E-state index contributed by atoms with van der Waals surface area (Å²) >= 11 is 0. The molecule has 1 unspecified atom stereocenters. The Morgan fingerprint density at radius 1 is 1.31 bits per heavy atom. The lowest BCUT2D eigenvalue weighted by Gasteiger charge is -2.25. The zero-order valence-electron chi connectivity index (χ0n) is 10.8. The summed E-state index contributed by atoms with van der Waals surface area (Å²) in [5.74, 6) is 1.61. The van der Waals surface area contributed by atoms with Crippen molar-refractivity contribution in [2.75, 3.05) is 19.6 Å². The highest BCUT2D eigenvalue weighted by Gasteiger charge is 2.30. The van der Waals surface area contributed by atoms with Crippen molar-refractivity contribution in [2.24, 2.45) is 16.3 Å². The first-order valence-corrected chi connectivity index (χ1v) is 6.46. The molecule has 2 heterocycles. The summed E-state index contributed by atoms with van der Waals surface area (Å²) in [4.78, 5) is 4.59. The van der Waals surface area contributed by atoms with Crippen molar-refractivity contribution in [2.45, 2.75) is 46.1 Å². The molecular formula is C13H24N2O. The maximum atomic E-state index is 6.00. The molecule has 0 aromatic carbocycles. The van der Waals surface area contributed by atoms with E-state index in [1.807, 2.05) is 0 Å². The van der Waals surface area contributed by atoms with Gasteiger partial charge in [-0.05, 0) is 37.8 Å². The van der Waals surface area contributed by atoms with Crippen LogP contribution < -0.4 is 5.32 Å². The minimum absolute atomic E-state index is 0.324. The van der Waals surface area contributed by atoms with Gasteiger partial charge in [0.1, 0.15) is 6.10 Å². The van der Waals surface area contributed by atoms with Gasteiger partial charge in [0.05, 0.1) is 6.54 Å². The fraction of sp³-hybridized carbons (Fsp3) is 0.923. The number of ether oxygens (including phenoxy) is 1. The van der Waals surface area contributed by atoms with Crippen LogP contribution in [0.5, 0.6) is 0 Å². The number of nitrogens with zero attached hydrogens (tertiary/aromatic N) is 1. The van der Waals surface area contributed by atoms with Crippen LogP contribution in [0.25, 0.3) is 0 Å². The molecule has 0 radical (unpaired) electrons. The molecule has 2 aliphatic heterocycles. The van der Waals surface area contributed by atoms with Crippen LogP contribution in [0.4, 0.5) is 0 Å². The number of hydrogen-bond acceptors (Lipinski definition) is 3. The monoisotopic (exact) mass is 224 g/mol. The smallest absolute Gasteiger partial charge is 0.186 e. The molecule has 3 heteroatoms. The minimum Gasteiger partial charge on any atom is -0.475 e. The van der Waals surface area contributed by atoms with E-state index in [0.29, 0.717) is 17.4 Å². The predicted molar refractivity (Wildman–Crippen MR) is 66.8 cm³/mol. The molecule has 0 spiro atoms. The number of aliphatic imine (C=N–C) groups is 1. The molecule has 3 nitrogen and oxygen atoms in total. The standard InChI is InChI=1S/C13H24N2O/c1-13(2,3)8-11-9-15-12(16-11)10-4-6-14-7-5-10/h10-11,14H,4-9H2,1-3H3. The van der Waals surface area contributed by atoms with Gasteiger partial charge in [0.15, 0.2) is 5.90 Å². The molecule has 2 aliphatic rings. The van der Waals surface area contributed by atoms with Crippen molar-refractivity contribution in [3.63, 3.8) is 0 Å². The lowest BCUT2D eigenvalue weighted by atomic mass is 9.89. The van der Waals surface area contributed by atoms with Crippen molar-refractivity contribution in [3.05, 3.63) is 0 Å². The van der Waals surface area contributed by atoms with Gasteiger partial charge >= 0.3 is 0 Å². The van der Waals surface area contributed by atoms with E-state index in [1.54, 1.807) is 0 Å². The largest absolute Gasteiger partial charge is 0.475 e. The Kier molecular flexibility index (Phi) is 3.53. The van der Waals surface area contributed by atoms with Crippen LogP contribution in [0.15, 0.2) is 4.99 Å². The van der Waals surface area contributed by atoms with Gasteiger partial charge in [-0.2, -0.15) is 0 Å². The summed E-state index contributed by atoms with van der Waals surface area (Å²) in [7, 11) is 0. The van der Waals surface area contributed by atoms with Gasteiger partial charge in [-0.15, -0.1) is 0 Å². The van der Waals surface area contributed by atoms with Crippen LogP contribution in [0.3, 0.4) is 0 Å². The van der Waals surface area contributed by atoms with Crippen LogP contribution in [-0.4, -0.2) is 31.6 Å². The molecule has 0 saturated carbocycles. The topological polar surface area (TPSA) is 33.6 Å². The van der Waals surface area contributed by atoms with Crippen LogP contribution in [-0.2, 0) is 4.74 Å². The molecule has 1 N–H and O–H groups in total. The molecule has 0 aromatic heterocycles. The van der Waals surface area contributed by atoms with Crippen LogP contribution in [0.2, 0.25) is 0 Å². The zero-order valence-corrected chi connectivity index (χ0v) is 10.8. The molecule has 0 aliphatic carbocycles. The summed E-state index contributed by atoms with van der Waals surface area (Å²) in [5, 5.41) is 3.38. The Bertz CT molecular complexity index is 262. The Labute approximate surface area is 98.7 Å². The Balaban J connectivity index is 1.82. The molecule has 1 saturated heterocycles. The van der Waals surface area contributed by atoms with Crippen LogP contribution in [0, 0.1) is 11.3 Å². The quantitative estimate of drug-likeness (QED) is 0.780. The van der Waals surface area contributed by atoms with Crippen LogP contribution in [0.1, 0.15) is 40.0 Å². The highest BCUT2D eigenvalue weighted by molar-refractivity contribution is 5.80. The zero-order chi connectivity index (χ0) is 11.6. The Hall–Kier alpha value is -0.570. The summed E-state index contributed by atoms with van der Waals surface area (Å²) in [6.45, 7) is 9.88. The van der Waals surface area contributed by atoms with E-state index in [4.69, 9.17) is 4.74 Å². The molecule has 0 aromatic rings. The SMILES string of the molecule is CC(C)(C)CC1CN=C(C2CCNCC2)O1. The van der Waals surface area contributed by atoms with E-state index < -0.39 is 0 Å². The third-order valence-electron chi connectivity index (χ3n) is 3.27. The maximum absolute atomic E-state index is 6.00. The van der Waals surface area contributed by atoms with Crippen molar-refractivity contribution in [1.29, 1.82) is 0 Å².